The van der Waals surface area contributed by atoms with Crippen molar-refractivity contribution in [2.75, 3.05) is 26.7 Å². The highest BCUT2D eigenvalue weighted by atomic mass is 32.1. The molecule has 0 atom stereocenters. The number of carbonyl (C=O) groups excluding carboxylic acids is 2. The quantitative estimate of drug-likeness (QED) is 0.783. The SMILES string of the molecule is Cc1ccc(-c2nc(CC(=O)N(C)CC(=O)N3CCC(C(=O)O)CC3)cs2)cc1. The maximum atomic E-state index is 12.5. The van der Waals surface area contributed by atoms with Gasteiger partial charge in [-0.3, -0.25) is 14.4 Å². The van der Waals surface area contributed by atoms with Crippen LogP contribution >= 0.6 is 11.3 Å². The highest BCUT2D eigenvalue weighted by Crippen LogP contribution is 2.24. The largest absolute Gasteiger partial charge is 0.481 e. The highest BCUT2D eigenvalue weighted by molar-refractivity contribution is 7.13. The fourth-order valence-electron chi connectivity index (χ4n) is 3.27. The summed E-state index contributed by atoms with van der Waals surface area (Å²) in [5, 5.41) is 11.8. The molecule has 1 aliphatic rings. The number of carboxylic acids is 1. The van der Waals surface area contributed by atoms with E-state index in [9.17, 15) is 14.4 Å². The lowest BCUT2D eigenvalue weighted by molar-refractivity contribution is -0.146. The summed E-state index contributed by atoms with van der Waals surface area (Å²) < 4.78 is 0. The minimum absolute atomic E-state index is 0.00840. The predicted octanol–water partition coefficient (Wildman–Crippen LogP) is 2.44. The average Bonchev–Trinajstić information content (AvgIpc) is 3.16. The molecule has 1 aliphatic heterocycles. The van der Waals surface area contributed by atoms with Gasteiger partial charge in [0.15, 0.2) is 0 Å². The minimum Gasteiger partial charge on any atom is -0.481 e. The monoisotopic (exact) mass is 415 g/mol. The zero-order chi connectivity index (χ0) is 21.0. The molecule has 0 aliphatic carbocycles. The van der Waals surface area contributed by atoms with Crippen LogP contribution in [0, 0.1) is 12.8 Å². The molecule has 1 aromatic carbocycles. The lowest BCUT2D eigenvalue weighted by atomic mass is 9.97. The van der Waals surface area contributed by atoms with Crippen LogP contribution in [0.3, 0.4) is 0 Å². The Morgan fingerprint density at radius 2 is 1.86 bits per heavy atom. The molecule has 2 aromatic rings. The first-order valence-electron chi connectivity index (χ1n) is 9.59. The molecular weight excluding hydrogens is 390 g/mol. The summed E-state index contributed by atoms with van der Waals surface area (Å²) in [4.78, 5) is 43.6. The summed E-state index contributed by atoms with van der Waals surface area (Å²) in [7, 11) is 1.61. The number of aliphatic carboxylic acids is 1. The van der Waals surface area contributed by atoms with E-state index < -0.39 is 5.97 Å². The van der Waals surface area contributed by atoms with E-state index in [1.807, 2.05) is 36.6 Å². The van der Waals surface area contributed by atoms with Crippen molar-refractivity contribution in [2.45, 2.75) is 26.2 Å². The molecule has 0 saturated carbocycles. The van der Waals surface area contributed by atoms with Crippen molar-refractivity contribution in [3.8, 4) is 10.6 Å². The van der Waals surface area contributed by atoms with Crippen LogP contribution in [0.5, 0.6) is 0 Å². The van der Waals surface area contributed by atoms with Crippen molar-refractivity contribution in [1.29, 1.82) is 0 Å². The fourth-order valence-corrected chi connectivity index (χ4v) is 4.10. The van der Waals surface area contributed by atoms with Gasteiger partial charge in [-0.05, 0) is 19.8 Å². The molecule has 29 heavy (non-hydrogen) atoms. The number of benzene rings is 1. The summed E-state index contributed by atoms with van der Waals surface area (Å²) in [6.07, 6.45) is 1.06. The van der Waals surface area contributed by atoms with Crippen molar-refractivity contribution in [1.82, 2.24) is 14.8 Å². The lowest BCUT2D eigenvalue weighted by Gasteiger charge is -2.31. The Labute approximate surface area is 174 Å². The Kier molecular flexibility index (Phi) is 6.64. The number of hydrogen-bond donors (Lipinski definition) is 1. The van der Waals surface area contributed by atoms with Crippen molar-refractivity contribution in [3.63, 3.8) is 0 Å². The molecule has 1 saturated heterocycles. The van der Waals surface area contributed by atoms with E-state index in [0.29, 0.717) is 31.6 Å². The van der Waals surface area contributed by atoms with Crippen LogP contribution in [-0.4, -0.2) is 64.4 Å². The zero-order valence-corrected chi connectivity index (χ0v) is 17.4. The van der Waals surface area contributed by atoms with E-state index in [2.05, 4.69) is 4.98 Å². The normalized spacial score (nSPS) is 14.6. The number of piperidine rings is 1. The van der Waals surface area contributed by atoms with Crippen molar-refractivity contribution >= 4 is 29.1 Å². The number of rotatable bonds is 6. The van der Waals surface area contributed by atoms with E-state index >= 15 is 0 Å². The lowest BCUT2D eigenvalue weighted by Crippen LogP contribution is -2.45. The van der Waals surface area contributed by atoms with Crippen LogP contribution in [0.25, 0.3) is 10.6 Å². The average molecular weight is 416 g/mol. The number of hydrogen-bond acceptors (Lipinski definition) is 5. The summed E-state index contributed by atoms with van der Waals surface area (Å²) in [5.41, 5.74) is 2.89. The fraction of sp³-hybridized carbons (Fsp3) is 0.429. The third kappa shape index (κ3) is 5.41. The molecule has 3 rings (SSSR count). The molecule has 1 N–H and O–H groups in total. The van der Waals surface area contributed by atoms with E-state index in [4.69, 9.17) is 5.11 Å². The Bertz CT molecular complexity index is 886. The number of nitrogens with zero attached hydrogens (tertiary/aromatic N) is 3. The third-order valence-corrected chi connectivity index (χ3v) is 6.12. The Hall–Kier alpha value is -2.74. The Morgan fingerprint density at radius 1 is 1.21 bits per heavy atom. The van der Waals surface area contributed by atoms with Crippen LogP contribution in [0.2, 0.25) is 0 Å². The second-order valence-electron chi connectivity index (χ2n) is 7.43. The summed E-state index contributed by atoms with van der Waals surface area (Å²) >= 11 is 1.50. The van der Waals surface area contributed by atoms with Crippen LogP contribution in [0.1, 0.15) is 24.1 Å². The summed E-state index contributed by atoms with van der Waals surface area (Å²) in [6, 6.07) is 8.08. The molecule has 0 bridgehead atoms. The van der Waals surface area contributed by atoms with Crippen molar-refractivity contribution in [3.05, 3.63) is 40.9 Å². The second-order valence-corrected chi connectivity index (χ2v) is 8.29. The summed E-state index contributed by atoms with van der Waals surface area (Å²) in [6.45, 7) is 2.86. The molecule has 2 heterocycles. The third-order valence-electron chi connectivity index (χ3n) is 5.18. The maximum absolute atomic E-state index is 12.5. The second kappa shape index (κ2) is 9.17. The van der Waals surface area contributed by atoms with Gasteiger partial charge in [-0.1, -0.05) is 29.8 Å². The number of carbonyl (C=O) groups is 3. The van der Waals surface area contributed by atoms with E-state index in [-0.39, 0.29) is 30.7 Å². The highest BCUT2D eigenvalue weighted by Gasteiger charge is 2.28. The van der Waals surface area contributed by atoms with Crippen molar-refractivity contribution < 1.29 is 19.5 Å². The van der Waals surface area contributed by atoms with Gasteiger partial charge in [-0.2, -0.15) is 0 Å². The number of thiazole rings is 1. The number of aromatic nitrogens is 1. The molecule has 0 spiro atoms. The number of likely N-dealkylation sites (tertiary alicyclic amines) is 1. The molecule has 8 heteroatoms. The Morgan fingerprint density at radius 3 is 2.48 bits per heavy atom. The first-order valence-corrected chi connectivity index (χ1v) is 10.5. The van der Waals surface area contributed by atoms with Crippen LogP contribution in [-0.2, 0) is 20.8 Å². The number of likely N-dealkylation sites (N-methyl/N-ethyl adjacent to an activating group) is 1. The first-order chi connectivity index (χ1) is 13.8. The number of aryl methyl sites for hydroxylation is 1. The van der Waals surface area contributed by atoms with Gasteiger partial charge >= 0.3 is 5.97 Å². The van der Waals surface area contributed by atoms with E-state index in [1.165, 1.54) is 21.8 Å². The molecule has 1 aromatic heterocycles. The predicted molar refractivity (Wildman–Crippen MR) is 111 cm³/mol. The van der Waals surface area contributed by atoms with Gasteiger partial charge in [-0.25, -0.2) is 4.98 Å². The smallest absolute Gasteiger partial charge is 0.306 e. The van der Waals surface area contributed by atoms with Gasteiger partial charge < -0.3 is 14.9 Å². The van der Waals surface area contributed by atoms with Gasteiger partial charge in [0.2, 0.25) is 11.8 Å². The molecule has 0 radical (unpaired) electrons. The van der Waals surface area contributed by atoms with Gasteiger partial charge in [0, 0.05) is 31.1 Å². The topological polar surface area (TPSA) is 90.8 Å². The molecule has 154 valence electrons. The summed E-state index contributed by atoms with van der Waals surface area (Å²) in [5.74, 6) is -1.51. The molecule has 2 amide bonds. The van der Waals surface area contributed by atoms with Gasteiger partial charge in [0.1, 0.15) is 5.01 Å². The standard InChI is InChI=1S/C21H25N3O4S/c1-14-3-5-15(6-4-14)20-22-17(13-29-20)11-18(25)23(2)12-19(26)24-9-7-16(8-10-24)21(27)28/h3-6,13,16H,7-12H2,1-2H3,(H,27,28). The molecule has 1 fully saturated rings. The zero-order valence-electron chi connectivity index (χ0n) is 16.6. The van der Waals surface area contributed by atoms with Gasteiger partial charge in [0.25, 0.3) is 0 Å². The van der Waals surface area contributed by atoms with Crippen LogP contribution in [0.15, 0.2) is 29.6 Å². The van der Waals surface area contributed by atoms with Gasteiger partial charge in [-0.15, -0.1) is 11.3 Å². The molecular formula is C21H25N3O4S. The molecule has 0 unspecified atom stereocenters. The first kappa shape index (κ1) is 21.0. The number of carboxylic acid groups (broad SMARTS) is 1. The maximum Gasteiger partial charge on any atom is 0.306 e. The molecule has 7 nitrogen and oxygen atoms in total. The van der Waals surface area contributed by atoms with Gasteiger partial charge in [0.05, 0.1) is 24.6 Å². The van der Waals surface area contributed by atoms with E-state index in [0.717, 1.165) is 10.6 Å². The number of amides is 2. The van der Waals surface area contributed by atoms with Crippen LogP contribution in [0.4, 0.5) is 0 Å². The minimum atomic E-state index is -0.808. The van der Waals surface area contributed by atoms with E-state index in [1.54, 1.807) is 11.9 Å². The van der Waals surface area contributed by atoms with Crippen molar-refractivity contribution in [2.24, 2.45) is 5.92 Å². The van der Waals surface area contributed by atoms with Crippen LogP contribution < -0.4 is 0 Å². The Balaban J connectivity index is 1.51.